The molecule has 0 saturated carbocycles. The number of benzene rings is 2. The number of imidazole rings is 1. The van der Waals surface area contributed by atoms with Gasteiger partial charge in [-0.05, 0) is 62.6 Å². The molecule has 0 aliphatic carbocycles. The second-order valence-corrected chi connectivity index (χ2v) is 8.36. The van der Waals surface area contributed by atoms with E-state index in [4.69, 9.17) is 16.6 Å². The molecule has 1 atom stereocenters. The molecule has 1 aliphatic rings. The van der Waals surface area contributed by atoms with E-state index < -0.39 is 5.54 Å². The lowest BCUT2D eigenvalue weighted by molar-refractivity contribution is 0.0606. The third-order valence-electron chi connectivity index (χ3n) is 6.12. The van der Waals surface area contributed by atoms with Crippen molar-refractivity contribution < 1.29 is 4.79 Å². The number of hydrogen-bond donors (Lipinski definition) is 1. The molecule has 1 N–H and O–H groups in total. The third-order valence-corrected chi connectivity index (χ3v) is 6.53. The second kappa shape index (κ2) is 6.99. The van der Waals surface area contributed by atoms with Crippen molar-refractivity contribution in [3.63, 3.8) is 0 Å². The molecule has 4 aromatic rings. The molecular formula is C23H22ClN5O. The number of carbonyl (C=O) groups excluding carboxylic acids is 1. The minimum absolute atomic E-state index is 0.0173. The number of nitrogens with one attached hydrogen (secondary N) is 1. The number of carbonyl (C=O) groups is 1. The first-order valence-electron chi connectivity index (χ1n) is 10.1. The molecule has 2 aromatic heterocycles. The molecule has 0 unspecified atom stereocenters. The van der Waals surface area contributed by atoms with Crippen LogP contribution in [0.4, 0.5) is 0 Å². The lowest BCUT2D eigenvalue weighted by atomic mass is 9.97. The van der Waals surface area contributed by atoms with Gasteiger partial charge in [0, 0.05) is 24.0 Å². The van der Waals surface area contributed by atoms with Gasteiger partial charge < -0.3 is 9.88 Å². The topological polar surface area (TPSA) is 66.8 Å². The Balaban J connectivity index is 1.58. The number of likely N-dealkylation sites (tertiary alicyclic amines) is 1. The fourth-order valence-corrected chi connectivity index (χ4v) is 4.54. The highest BCUT2D eigenvalue weighted by Gasteiger charge is 2.44. The van der Waals surface area contributed by atoms with Crippen molar-refractivity contribution in [2.45, 2.75) is 32.2 Å². The molecule has 3 heterocycles. The van der Waals surface area contributed by atoms with Crippen LogP contribution in [0.15, 0.2) is 54.9 Å². The Morgan fingerprint density at radius 1 is 1.20 bits per heavy atom. The van der Waals surface area contributed by atoms with E-state index in [1.165, 1.54) is 0 Å². The number of amides is 1. The lowest BCUT2D eigenvalue weighted by Gasteiger charge is -2.34. The SMILES string of the molecule is Cc1c(Cl)ccc2[nH]c([C@]3(C)CCCN3C(=O)c3ccccc3-n3cccn3)nc12. The molecular weight excluding hydrogens is 398 g/mol. The third kappa shape index (κ3) is 2.82. The Labute approximate surface area is 179 Å². The summed E-state index contributed by atoms with van der Waals surface area (Å²) in [4.78, 5) is 24.0. The zero-order valence-electron chi connectivity index (χ0n) is 16.9. The molecule has 0 radical (unpaired) electrons. The van der Waals surface area contributed by atoms with Gasteiger partial charge in [-0.2, -0.15) is 5.10 Å². The van der Waals surface area contributed by atoms with Gasteiger partial charge in [0.25, 0.3) is 5.91 Å². The standard InChI is InChI=1S/C23H22ClN5O/c1-15-17(24)9-10-18-20(15)27-22(26-18)23(2)11-5-13-28(23)21(30)16-7-3-4-8-19(16)29-14-6-12-25-29/h3-4,6-10,12,14H,5,11,13H2,1-2H3,(H,26,27)/t23-/m0/s1. The summed E-state index contributed by atoms with van der Waals surface area (Å²) >= 11 is 6.29. The van der Waals surface area contributed by atoms with Crippen LogP contribution < -0.4 is 0 Å². The van der Waals surface area contributed by atoms with Gasteiger partial charge in [0.2, 0.25) is 0 Å². The number of aryl methyl sites for hydroxylation is 1. The molecule has 1 saturated heterocycles. The molecule has 1 aliphatic heterocycles. The maximum Gasteiger partial charge on any atom is 0.256 e. The molecule has 2 aromatic carbocycles. The summed E-state index contributed by atoms with van der Waals surface area (Å²) in [7, 11) is 0. The highest BCUT2D eigenvalue weighted by atomic mass is 35.5. The van der Waals surface area contributed by atoms with Crippen molar-refractivity contribution in [1.29, 1.82) is 0 Å². The summed E-state index contributed by atoms with van der Waals surface area (Å²) in [6.07, 6.45) is 5.32. The Bertz CT molecular complexity index is 1250. The summed E-state index contributed by atoms with van der Waals surface area (Å²) in [6.45, 7) is 4.73. The van der Waals surface area contributed by atoms with Gasteiger partial charge >= 0.3 is 0 Å². The lowest BCUT2D eigenvalue weighted by Crippen LogP contribution is -2.44. The Hall–Kier alpha value is -3.12. The quantitative estimate of drug-likeness (QED) is 0.515. The first kappa shape index (κ1) is 18.9. The average molecular weight is 420 g/mol. The van der Waals surface area contributed by atoms with Crippen LogP contribution in [0.1, 0.15) is 41.5 Å². The predicted molar refractivity (Wildman–Crippen MR) is 117 cm³/mol. The maximum absolute atomic E-state index is 13.7. The van der Waals surface area contributed by atoms with Crippen LogP contribution in [-0.2, 0) is 5.54 Å². The van der Waals surface area contributed by atoms with E-state index in [0.29, 0.717) is 17.1 Å². The Morgan fingerprint density at radius 2 is 2.03 bits per heavy atom. The number of aromatic amines is 1. The fourth-order valence-electron chi connectivity index (χ4n) is 4.39. The molecule has 30 heavy (non-hydrogen) atoms. The highest BCUT2D eigenvalue weighted by molar-refractivity contribution is 6.32. The van der Waals surface area contributed by atoms with Gasteiger partial charge in [-0.15, -0.1) is 0 Å². The molecule has 7 heteroatoms. The summed E-state index contributed by atoms with van der Waals surface area (Å²) in [5.74, 6) is 0.779. The van der Waals surface area contributed by atoms with Crippen molar-refractivity contribution in [3.05, 3.63) is 76.8 Å². The van der Waals surface area contributed by atoms with E-state index in [1.54, 1.807) is 10.9 Å². The van der Waals surface area contributed by atoms with E-state index in [9.17, 15) is 4.79 Å². The molecule has 152 valence electrons. The number of halogens is 1. The summed E-state index contributed by atoms with van der Waals surface area (Å²) < 4.78 is 1.73. The molecule has 6 nitrogen and oxygen atoms in total. The van der Waals surface area contributed by atoms with Crippen LogP contribution in [0.5, 0.6) is 0 Å². The van der Waals surface area contributed by atoms with E-state index in [1.807, 2.05) is 60.5 Å². The maximum atomic E-state index is 13.7. The van der Waals surface area contributed by atoms with E-state index in [-0.39, 0.29) is 5.91 Å². The van der Waals surface area contributed by atoms with E-state index in [2.05, 4.69) is 17.0 Å². The van der Waals surface area contributed by atoms with Crippen molar-refractivity contribution in [1.82, 2.24) is 24.6 Å². The number of H-pyrrole nitrogens is 1. The molecule has 5 rings (SSSR count). The van der Waals surface area contributed by atoms with Crippen LogP contribution in [-0.4, -0.2) is 37.1 Å². The fraction of sp³-hybridized carbons (Fsp3) is 0.261. The summed E-state index contributed by atoms with van der Waals surface area (Å²) in [6, 6.07) is 13.3. The van der Waals surface area contributed by atoms with Gasteiger partial charge in [-0.3, -0.25) is 4.79 Å². The smallest absolute Gasteiger partial charge is 0.256 e. The second-order valence-electron chi connectivity index (χ2n) is 7.96. The molecule has 1 amide bonds. The minimum atomic E-state index is -0.522. The van der Waals surface area contributed by atoms with Gasteiger partial charge in [-0.1, -0.05) is 23.7 Å². The largest absolute Gasteiger partial charge is 0.340 e. The first-order valence-corrected chi connectivity index (χ1v) is 10.4. The summed E-state index contributed by atoms with van der Waals surface area (Å²) in [5, 5.41) is 5.01. The number of aromatic nitrogens is 4. The van der Waals surface area contributed by atoms with Crippen LogP contribution in [0.2, 0.25) is 5.02 Å². The number of para-hydroxylation sites is 1. The van der Waals surface area contributed by atoms with Gasteiger partial charge in [-0.25, -0.2) is 9.67 Å². The number of fused-ring (bicyclic) bond motifs is 1. The normalized spacial score (nSPS) is 19.0. The number of hydrogen-bond acceptors (Lipinski definition) is 3. The molecule has 0 spiro atoms. The molecule has 1 fully saturated rings. The van der Waals surface area contributed by atoms with Crippen LogP contribution in [0, 0.1) is 6.92 Å². The number of rotatable bonds is 3. The van der Waals surface area contributed by atoms with Crippen LogP contribution in [0.3, 0.4) is 0 Å². The number of nitrogens with zero attached hydrogens (tertiary/aromatic N) is 4. The molecule has 0 bridgehead atoms. The van der Waals surface area contributed by atoms with Gasteiger partial charge in [0.15, 0.2) is 0 Å². The van der Waals surface area contributed by atoms with Crippen molar-refractivity contribution in [2.24, 2.45) is 0 Å². The van der Waals surface area contributed by atoms with Crippen LogP contribution in [0.25, 0.3) is 16.7 Å². The minimum Gasteiger partial charge on any atom is -0.340 e. The van der Waals surface area contributed by atoms with E-state index in [0.717, 1.165) is 41.0 Å². The zero-order chi connectivity index (χ0) is 20.9. The van der Waals surface area contributed by atoms with Crippen LogP contribution >= 0.6 is 11.6 Å². The summed E-state index contributed by atoms with van der Waals surface area (Å²) in [5.41, 5.74) is 3.62. The monoisotopic (exact) mass is 419 g/mol. The average Bonchev–Trinajstić information content (AvgIpc) is 3.50. The first-order chi connectivity index (χ1) is 14.5. The Morgan fingerprint density at radius 3 is 2.83 bits per heavy atom. The Kier molecular flexibility index (Phi) is 4.40. The van der Waals surface area contributed by atoms with Crippen molar-refractivity contribution in [2.75, 3.05) is 6.54 Å². The van der Waals surface area contributed by atoms with Gasteiger partial charge in [0.1, 0.15) is 5.82 Å². The highest BCUT2D eigenvalue weighted by Crippen LogP contribution is 2.40. The van der Waals surface area contributed by atoms with E-state index >= 15 is 0 Å². The van der Waals surface area contributed by atoms with Gasteiger partial charge in [0.05, 0.1) is 27.8 Å². The van der Waals surface area contributed by atoms with Crippen molar-refractivity contribution in [3.8, 4) is 5.69 Å². The zero-order valence-corrected chi connectivity index (χ0v) is 17.6. The predicted octanol–water partition coefficient (Wildman–Crippen LogP) is 4.86. The van der Waals surface area contributed by atoms with Crippen molar-refractivity contribution >= 4 is 28.5 Å².